The Labute approximate surface area is 98.1 Å². The first-order chi connectivity index (χ1) is 7.72. The number of aliphatic hydroxyl groups excluding tert-OH is 1. The Kier molecular flexibility index (Phi) is 6.47. The summed E-state index contributed by atoms with van der Waals surface area (Å²) in [5.41, 5.74) is 0. The topological polar surface area (TPSA) is 38.7 Å². The molecule has 3 heteroatoms. The maximum Gasteiger partial charge on any atom is 0.157 e. The molecule has 1 heterocycles. The highest BCUT2D eigenvalue weighted by Crippen LogP contribution is 2.16. The maximum absolute atomic E-state index is 9.22. The minimum Gasteiger partial charge on any atom is -0.380 e. The lowest BCUT2D eigenvalue weighted by atomic mass is 10.0. The van der Waals surface area contributed by atoms with Crippen molar-refractivity contribution in [3.8, 4) is 12.3 Å². The van der Waals surface area contributed by atoms with Crippen LogP contribution in [0.1, 0.15) is 39.0 Å². The van der Waals surface area contributed by atoms with Crippen molar-refractivity contribution in [1.82, 2.24) is 0 Å². The first-order valence-corrected chi connectivity index (χ1v) is 6.09. The molecule has 0 bridgehead atoms. The van der Waals surface area contributed by atoms with Gasteiger partial charge in [0.15, 0.2) is 6.29 Å². The number of ether oxygens (including phenoxy) is 2. The number of hydrogen-bond acceptors (Lipinski definition) is 3. The van der Waals surface area contributed by atoms with E-state index in [2.05, 4.69) is 12.8 Å². The zero-order valence-corrected chi connectivity index (χ0v) is 10.0. The van der Waals surface area contributed by atoms with Gasteiger partial charge in [-0.15, -0.1) is 6.42 Å². The number of aliphatic hydroxyl groups is 1. The summed E-state index contributed by atoms with van der Waals surface area (Å²) in [7, 11) is 0. The van der Waals surface area contributed by atoms with Crippen molar-refractivity contribution in [1.29, 1.82) is 0 Å². The van der Waals surface area contributed by atoms with E-state index in [1.807, 2.05) is 0 Å². The predicted octanol–water partition coefficient (Wildman–Crippen LogP) is 1.94. The van der Waals surface area contributed by atoms with Crippen LogP contribution in [-0.4, -0.2) is 30.7 Å². The molecular weight excluding hydrogens is 204 g/mol. The standard InChI is InChI=1S/C13H22O3/c1-3-12(14)8-7-11(2)10-16-13-6-4-5-9-15-13/h1,11-14H,4-10H2,2H3/t11-,12?,13?/m0/s1. The zero-order valence-electron chi connectivity index (χ0n) is 10.0. The van der Waals surface area contributed by atoms with E-state index in [4.69, 9.17) is 15.9 Å². The smallest absolute Gasteiger partial charge is 0.157 e. The Bertz CT molecular complexity index is 216. The molecule has 3 atom stereocenters. The number of rotatable bonds is 6. The van der Waals surface area contributed by atoms with Gasteiger partial charge >= 0.3 is 0 Å². The number of terminal acetylenes is 1. The molecular formula is C13H22O3. The summed E-state index contributed by atoms with van der Waals surface area (Å²) in [6.45, 7) is 3.60. The van der Waals surface area contributed by atoms with E-state index >= 15 is 0 Å². The Morgan fingerprint density at radius 1 is 1.50 bits per heavy atom. The second-order valence-electron chi connectivity index (χ2n) is 4.49. The minimum atomic E-state index is -0.617. The average molecular weight is 226 g/mol. The Morgan fingerprint density at radius 2 is 2.31 bits per heavy atom. The van der Waals surface area contributed by atoms with Crippen molar-refractivity contribution < 1.29 is 14.6 Å². The third kappa shape index (κ3) is 5.50. The maximum atomic E-state index is 9.22. The summed E-state index contributed by atoms with van der Waals surface area (Å²) in [6.07, 6.45) is 9.33. The van der Waals surface area contributed by atoms with Gasteiger partial charge in [0, 0.05) is 6.61 Å². The van der Waals surface area contributed by atoms with Gasteiger partial charge in [0.1, 0.15) is 6.10 Å². The molecule has 1 fully saturated rings. The molecule has 1 aliphatic heterocycles. The lowest BCUT2D eigenvalue weighted by molar-refractivity contribution is -0.168. The molecule has 1 aliphatic rings. The van der Waals surface area contributed by atoms with Gasteiger partial charge in [-0.2, -0.15) is 0 Å². The molecule has 0 spiro atoms. The fourth-order valence-corrected chi connectivity index (χ4v) is 1.72. The van der Waals surface area contributed by atoms with Crippen molar-refractivity contribution in [2.24, 2.45) is 5.92 Å². The molecule has 0 aromatic carbocycles. The van der Waals surface area contributed by atoms with E-state index in [1.54, 1.807) is 0 Å². The highest BCUT2D eigenvalue weighted by molar-refractivity contribution is 4.92. The van der Waals surface area contributed by atoms with Crippen LogP contribution in [0, 0.1) is 18.3 Å². The highest BCUT2D eigenvalue weighted by atomic mass is 16.7. The molecule has 1 saturated heterocycles. The van der Waals surface area contributed by atoms with Gasteiger partial charge in [-0.25, -0.2) is 0 Å². The molecule has 2 unspecified atom stereocenters. The lowest BCUT2D eigenvalue weighted by Crippen LogP contribution is -2.24. The molecule has 1 N–H and O–H groups in total. The van der Waals surface area contributed by atoms with E-state index in [1.165, 1.54) is 6.42 Å². The van der Waals surface area contributed by atoms with E-state index in [-0.39, 0.29) is 6.29 Å². The summed E-state index contributed by atoms with van der Waals surface area (Å²) < 4.78 is 11.1. The van der Waals surface area contributed by atoms with Crippen molar-refractivity contribution in [3.05, 3.63) is 0 Å². The van der Waals surface area contributed by atoms with Crippen LogP contribution in [0.25, 0.3) is 0 Å². The van der Waals surface area contributed by atoms with Crippen LogP contribution in [0.4, 0.5) is 0 Å². The SMILES string of the molecule is C#CC(O)CC[C@H](C)COC1CCCCO1. The second-order valence-corrected chi connectivity index (χ2v) is 4.49. The fraction of sp³-hybridized carbons (Fsp3) is 0.846. The van der Waals surface area contributed by atoms with Crippen LogP contribution in [0.5, 0.6) is 0 Å². The Morgan fingerprint density at radius 3 is 2.94 bits per heavy atom. The van der Waals surface area contributed by atoms with Gasteiger partial charge in [0.25, 0.3) is 0 Å². The number of hydrogen-bond donors (Lipinski definition) is 1. The summed E-state index contributed by atoms with van der Waals surface area (Å²) in [5, 5.41) is 9.22. The Balaban J connectivity index is 2.05. The summed E-state index contributed by atoms with van der Waals surface area (Å²) in [5.74, 6) is 2.73. The molecule has 0 amide bonds. The van der Waals surface area contributed by atoms with Crippen LogP contribution in [-0.2, 0) is 9.47 Å². The fourth-order valence-electron chi connectivity index (χ4n) is 1.72. The van der Waals surface area contributed by atoms with Gasteiger partial charge < -0.3 is 14.6 Å². The van der Waals surface area contributed by atoms with Crippen molar-refractivity contribution in [2.45, 2.75) is 51.4 Å². The van der Waals surface area contributed by atoms with Crippen molar-refractivity contribution in [3.63, 3.8) is 0 Å². The third-order valence-electron chi connectivity index (χ3n) is 2.83. The monoisotopic (exact) mass is 226 g/mol. The van der Waals surface area contributed by atoms with Crippen LogP contribution in [0.15, 0.2) is 0 Å². The highest BCUT2D eigenvalue weighted by Gasteiger charge is 2.15. The molecule has 0 aromatic heterocycles. The van der Waals surface area contributed by atoms with Crippen molar-refractivity contribution >= 4 is 0 Å². The van der Waals surface area contributed by atoms with Crippen LogP contribution >= 0.6 is 0 Å². The summed E-state index contributed by atoms with van der Waals surface area (Å²) in [4.78, 5) is 0. The van der Waals surface area contributed by atoms with Gasteiger partial charge in [0.2, 0.25) is 0 Å². The zero-order chi connectivity index (χ0) is 11.8. The molecule has 1 rings (SSSR count). The second kappa shape index (κ2) is 7.67. The summed E-state index contributed by atoms with van der Waals surface area (Å²) >= 11 is 0. The average Bonchev–Trinajstić information content (AvgIpc) is 2.34. The first kappa shape index (κ1) is 13.5. The Hall–Kier alpha value is -0.560. The first-order valence-electron chi connectivity index (χ1n) is 6.09. The van der Waals surface area contributed by atoms with Gasteiger partial charge in [-0.3, -0.25) is 0 Å². The van der Waals surface area contributed by atoms with E-state index in [9.17, 15) is 5.11 Å². The van der Waals surface area contributed by atoms with Crippen LogP contribution in [0.3, 0.4) is 0 Å². The molecule has 0 aromatic rings. The van der Waals surface area contributed by atoms with Gasteiger partial charge in [-0.05, 0) is 38.0 Å². The van der Waals surface area contributed by atoms with Crippen LogP contribution < -0.4 is 0 Å². The van der Waals surface area contributed by atoms with E-state index in [0.29, 0.717) is 18.9 Å². The normalized spacial score (nSPS) is 24.7. The molecule has 0 saturated carbocycles. The largest absolute Gasteiger partial charge is 0.380 e. The van der Waals surface area contributed by atoms with Gasteiger partial charge in [-0.1, -0.05) is 12.8 Å². The lowest BCUT2D eigenvalue weighted by Gasteiger charge is -2.24. The molecule has 16 heavy (non-hydrogen) atoms. The molecule has 0 aliphatic carbocycles. The molecule has 3 nitrogen and oxygen atoms in total. The van der Waals surface area contributed by atoms with E-state index < -0.39 is 6.10 Å². The third-order valence-corrected chi connectivity index (χ3v) is 2.83. The quantitative estimate of drug-likeness (QED) is 0.703. The summed E-state index contributed by atoms with van der Waals surface area (Å²) in [6, 6.07) is 0. The predicted molar refractivity (Wildman–Crippen MR) is 62.8 cm³/mol. The molecule has 0 radical (unpaired) electrons. The minimum absolute atomic E-state index is 0.0197. The van der Waals surface area contributed by atoms with Crippen molar-refractivity contribution in [2.75, 3.05) is 13.2 Å². The van der Waals surface area contributed by atoms with E-state index in [0.717, 1.165) is 25.9 Å². The molecule has 92 valence electrons. The van der Waals surface area contributed by atoms with Gasteiger partial charge in [0.05, 0.1) is 6.61 Å². The van der Waals surface area contributed by atoms with Crippen LogP contribution in [0.2, 0.25) is 0 Å².